The number of amides is 1. The van der Waals surface area contributed by atoms with Gasteiger partial charge in [-0.15, -0.1) is 0 Å². The molecular formula is C14H18N2O2. The van der Waals surface area contributed by atoms with Crippen molar-refractivity contribution >= 4 is 17.4 Å². The molecule has 1 aromatic rings. The lowest BCUT2D eigenvalue weighted by Gasteiger charge is -2.10. The SMILES string of the molecule is CC(=O)CCNCc1ccc2c(c1)CC(=O)N2C. The van der Waals surface area contributed by atoms with Crippen LogP contribution in [-0.4, -0.2) is 25.3 Å². The second-order valence-electron chi connectivity index (χ2n) is 4.72. The fraction of sp³-hybridized carbons (Fsp3) is 0.429. The summed E-state index contributed by atoms with van der Waals surface area (Å²) in [4.78, 5) is 24.0. The Hall–Kier alpha value is -1.68. The summed E-state index contributed by atoms with van der Waals surface area (Å²) < 4.78 is 0. The molecule has 0 spiro atoms. The lowest BCUT2D eigenvalue weighted by Crippen LogP contribution is -2.20. The quantitative estimate of drug-likeness (QED) is 0.796. The Bertz CT molecular complexity index is 483. The van der Waals surface area contributed by atoms with E-state index in [1.54, 1.807) is 18.9 Å². The number of Topliss-reactive ketones (excluding diaryl/α,β-unsaturated/α-hetero) is 1. The minimum atomic E-state index is 0.145. The molecular weight excluding hydrogens is 228 g/mol. The number of hydrogen-bond acceptors (Lipinski definition) is 3. The Morgan fingerprint density at radius 1 is 1.44 bits per heavy atom. The van der Waals surface area contributed by atoms with Crippen LogP contribution in [0, 0.1) is 0 Å². The van der Waals surface area contributed by atoms with Gasteiger partial charge in [-0.1, -0.05) is 12.1 Å². The fourth-order valence-corrected chi connectivity index (χ4v) is 2.13. The number of rotatable bonds is 5. The topological polar surface area (TPSA) is 49.4 Å². The molecule has 2 rings (SSSR count). The molecule has 0 atom stereocenters. The van der Waals surface area contributed by atoms with Gasteiger partial charge in [-0.3, -0.25) is 9.59 Å². The summed E-state index contributed by atoms with van der Waals surface area (Å²) in [5.41, 5.74) is 3.25. The minimum absolute atomic E-state index is 0.145. The first-order valence-corrected chi connectivity index (χ1v) is 6.16. The van der Waals surface area contributed by atoms with Crippen molar-refractivity contribution in [3.63, 3.8) is 0 Å². The number of nitrogens with zero attached hydrogens (tertiary/aromatic N) is 1. The fourth-order valence-electron chi connectivity index (χ4n) is 2.13. The number of nitrogens with one attached hydrogen (secondary N) is 1. The van der Waals surface area contributed by atoms with Crippen LogP contribution in [-0.2, 0) is 22.6 Å². The Labute approximate surface area is 107 Å². The van der Waals surface area contributed by atoms with E-state index >= 15 is 0 Å². The summed E-state index contributed by atoms with van der Waals surface area (Å²) in [6, 6.07) is 6.08. The van der Waals surface area contributed by atoms with Crippen molar-refractivity contribution in [2.45, 2.75) is 26.3 Å². The second-order valence-corrected chi connectivity index (χ2v) is 4.72. The van der Waals surface area contributed by atoms with E-state index in [0.29, 0.717) is 19.4 Å². The Morgan fingerprint density at radius 2 is 2.22 bits per heavy atom. The van der Waals surface area contributed by atoms with Crippen molar-refractivity contribution < 1.29 is 9.59 Å². The molecule has 96 valence electrons. The number of anilines is 1. The van der Waals surface area contributed by atoms with E-state index in [4.69, 9.17) is 0 Å². The third-order valence-corrected chi connectivity index (χ3v) is 3.20. The second kappa shape index (κ2) is 5.31. The van der Waals surface area contributed by atoms with Crippen LogP contribution in [0.3, 0.4) is 0 Å². The van der Waals surface area contributed by atoms with Gasteiger partial charge in [0.1, 0.15) is 5.78 Å². The molecule has 0 fully saturated rings. The largest absolute Gasteiger partial charge is 0.315 e. The molecule has 0 saturated heterocycles. The molecule has 0 bridgehead atoms. The van der Waals surface area contributed by atoms with Gasteiger partial charge in [0.2, 0.25) is 5.91 Å². The van der Waals surface area contributed by atoms with Gasteiger partial charge in [-0.05, 0) is 24.1 Å². The number of fused-ring (bicyclic) bond motifs is 1. The number of benzene rings is 1. The molecule has 4 heteroatoms. The van der Waals surface area contributed by atoms with Crippen LogP contribution in [0.4, 0.5) is 5.69 Å². The van der Waals surface area contributed by atoms with Gasteiger partial charge in [0.15, 0.2) is 0 Å². The van der Waals surface area contributed by atoms with Crippen LogP contribution in [0.1, 0.15) is 24.5 Å². The van der Waals surface area contributed by atoms with E-state index in [-0.39, 0.29) is 11.7 Å². The molecule has 1 aliphatic rings. The zero-order valence-corrected chi connectivity index (χ0v) is 10.8. The van der Waals surface area contributed by atoms with Gasteiger partial charge in [-0.25, -0.2) is 0 Å². The molecule has 1 amide bonds. The number of carbonyl (C=O) groups excluding carboxylic acids is 2. The lowest BCUT2D eigenvalue weighted by atomic mass is 10.1. The third kappa shape index (κ3) is 2.76. The molecule has 18 heavy (non-hydrogen) atoms. The first kappa shape index (κ1) is 12.8. The van der Waals surface area contributed by atoms with Gasteiger partial charge < -0.3 is 10.2 Å². The van der Waals surface area contributed by atoms with Gasteiger partial charge in [0.05, 0.1) is 6.42 Å². The Morgan fingerprint density at radius 3 is 2.94 bits per heavy atom. The van der Waals surface area contributed by atoms with E-state index < -0.39 is 0 Å². The first-order chi connectivity index (χ1) is 8.58. The highest BCUT2D eigenvalue weighted by atomic mass is 16.2. The maximum Gasteiger partial charge on any atom is 0.231 e. The van der Waals surface area contributed by atoms with Crippen LogP contribution < -0.4 is 10.2 Å². The average molecular weight is 246 g/mol. The van der Waals surface area contributed by atoms with Crippen molar-refractivity contribution in [2.24, 2.45) is 0 Å². The molecule has 0 unspecified atom stereocenters. The number of carbonyl (C=O) groups is 2. The Balaban J connectivity index is 1.94. The zero-order valence-electron chi connectivity index (χ0n) is 10.8. The average Bonchev–Trinajstić information content (AvgIpc) is 2.60. The molecule has 1 heterocycles. The van der Waals surface area contributed by atoms with Crippen LogP contribution in [0.5, 0.6) is 0 Å². The molecule has 1 aliphatic heterocycles. The minimum Gasteiger partial charge on any atom is -0.315 e. The summed E-state index contributed by atoms with van der Waals surface area (Å²) in [6.45, 7) is 3.03. The maximum atomic E-state index is 11.6. The molecule has 4 nitrogen and oxygen atoms in total. The van der Waals surface area contributed by atoms with Crippen LogP contribution in [0.15, 0.2) is 18.2 Å². The van der Waals surface area contributed by atoms with Crippen molar-refractivity contribution in [2.75, 3.05) is 18.5 Å². The summed E-state index contributed by atoms with van der Waals surface area (Å²) in [7, 11) is 1.80. The summed E-state index contributed by atoms with van der Waals surface area (Å²) in [5, 5.41) is 3.23. The van der Waals surface area contributed by atoms with E-state index in [2.05, 4.69) is 11.4 Å². The van der Waals surface area contributed by atoms with Gasteiger partial charge in [-0.2, -0.15) is 0 Å². The summed E-state index contributed by atoms with van der Waals surface area (Å²) in [6.07, 6.45) is 1.05. The molecule has 0 aromatic heterocycles. The van der Waals surface area contributed by atoms with E-state index in [1.807, 2.05) is 12.1 Å². The van der Waals surface area contributed by atoms with Crippen molar-refractivity contribution in [1.29, 1.82) is 0 Å². The third-order valence-electron chi connectivity index (χ3n) is 3.20. The van der Waals surface area contributed by atoms with Gasteiger partial charge in [0, 0.05) is 32.2 Å². The number of hydrogen-bond donors (Lipinski definition) is 1. The molecule has 0 saturated carbocycles. The van der Waals surface area contributed by atoms with Gasteiger partial charge in [0.25, 0.3) is 0 Å². The molecule has 0 aliphatic carbocycles. The summed E-state index contributed by atoms with van der Waals surface area (Å²) in [5.74, 6) is 0.343. The maximum absolute atomic E-state index is 11.6. The molecule has 1 aromatic carbocycles. The number of likely N-dealkylation sites (N-methyl/N-ethyl adjacent to an activating group) is 1. The van der Waals surface area contributed by atoms with Crippen molar-refractivity contribution in [1.82, 2.24) is 5.32 Å². The van der Waals surface area contributed by atoms with Gasteiger partial charge >= 0.3 is 0 Å². The van der Waals surface area contributed by atoms with Crippen LogP contribution >= 0.6 is 0 Å². The van der Waals surface area contributed by atoms with E-state index in [0.717, 1.165) is 23.4 Å². The zero-order chi connectivity index (χ0) is 13.1. The van der Waals surface area contributed by atoms with Crippen LogP contribution in [0.25, 0.3) is 0 Å². The predicted octanol–water partition coefficient (Wildman–Crippen LogP) is 1.27. The molecule has 0 radical (unpaired) electrons. The molecule has 1 N–H and O–H groups in total. The standard InChI is InChI=1S/C14H18N2O2/c1-10(17)5-6-15-9-11-3-4-13-12(7-11)8-14(18)16(13)2/h3-4,7,15H,5-6,8-9H2,1-2H3. The first-order valence-electron chi connectivity index (χ1n) is 6.16. The number of ketones is 1. The van der Waals surface area contributed by atoms with Crippen molar-refractivity contribution in [3.8, 4) is 0 Å². The van der Waals surface area contributed by atoms with E-state index in [9.17, 15) is 9.59 Å². The highest BCUT2D eigenvalue weighted by molar-refractivity contribution is 6.00. The smallest absolute Gasteiger partial charge is 0.231 e. The lowest BCUT2D eigenvalue weighted by molar-refractivity contribution is -0.117. The highest BCUT2D eigenvalue weighted by Crippen LogP contribution is 2.28. The Kier molecular flexibility index (Phi) is 3.77. The predicted molar refractivity (Wildman–Crippen MR) is 70.6 cm³/mol. The van der Waals surface area contributed by atoms with Crippen LogP contribution in [0.2, 0.25) is 0 Å². The monoisotopic (exact) mass is 246 g/mol. The highest BCUT2D eigenvalue weighted by Gasteiger charge is 2.23. The summed E-state index contributed by atoms with van der Waals surface area (Å²) >= 11 is 0. The normalized spacial score (nSPS) is 13.9. The van der Waals surface area contributed by atoms with Crippen molar-refractivity contribution in [3.05, 3.63) is 29.3 Å². The van der Waals surface area contributed by atoms with E-state index in [1.165, 1.54) is 0 Å².